The van der Waals surface area contributed by atoms with Crippen LogP contribution in [0.1, 0.15) is 51.4 Å². The quantitative estimate of drug-likeness (QED) is 0.567. The van der Waals surface area contributed by atoms with E-state index in [1.807, 2.05) is 0 Å². The number of carbonyl (C=O) groups is 2. The fourth-order valence-electron chi connectivity index (χ4n) is 1.26. The second-order valence-corrected chi connectivity index (χ2v) is 3.41. The largest absolute Gasteiger partial charge is 0.481 e. The summed E-state index contributed by atoms with van der Waals surface area (Å²) in [5.74, 6) is -1.48. The predicted octanol–water partition coefficient (Wildman–Crippen LogP) is 2.28. The fraction of sp³-hybridized carbons (Fsp3) is 0.800. The Morgan fingerprint density at radius 3 is 1.43 bits per heavy atom. The molecule has 0 atom stereocenters. The molecule has 0 radical (unpaired) electrons. The van der Waals surface area contributed by atoms with E-state index in [0.29, 0.717) is 0 Å². The number of carboxylic acids is 2. The Balaban J connectivity index is 2.99. The van der Waals surface area contributed by atoms with Crippen LogP contribution >= 0.6 is 0 Å². The molecule has 0 rings (SSSR count). The molecule has 0 aromatic carbocycles. The molecule has 2 N–H and O–H groups in total. The molecular formula is C10H18O4. The molecule has 0 aliphatic carbocycles. The van der Waals surface area contributed by atoms with Gasteiger partial charge in [0.2, 0.25) is 0 Å². The number of aliphatic carboxylic acids is 2. The van der Waals surface area contributed by atoms with Crippen LogP contribution in [0.2, 0.25) is 0 Å². The van der Waals surface area contributed by atoms with Gasteiger partial charge in [0.1, 0.15) is 0 Å². The minimum absolute atomic E-state index is 0.245. The van der Waals surface area contributed by atoms with E-state index < -0.39 is 11.9 Å². The molecule has 0 aliphatic heterocycles. The molecule has 4 nitrogen and oxygen atoms in total. The smallest absolute Gasteiger partial charge is 0.303 e. The van der Waals surface area contributed by atoms with Crippen molar-refractivity contribution in [2.45, 2.75) is 51.4 Å². The summed E-state index contributed by atoms with van der Waals surface area (Å²) >= 11 is 0. The SMILES string of the molecule is O=C(O)[14CH2]CCCCCC[14CH2]C(=O)O. The van der Waals surface area contributed by atoms with E-state index in [9.17, 15) is 9.59 Å². The van der Waals surface area contributed by atoms with Crippen LogP contribution < -0.4 is 0 Å². The molecule has 0 aliphatic rings. The highest BCUT2D eigenvalue weighted by molar-refractivity contribution is 5.66. The number of hydrogen-bond donors (Lipinski definition) is 2. The van der Waals surface area contributed by atoms with E-state index >= 15 is 0 Å². The summed E-state index contributed by atoms with van der Waals surface area (Å²) in [6, 6.07) is 0. The first-order valence-electron chi connectivity index (χ1n) is 5.06. The molecule has 0 aromatic heterocycles. The Labute approximate surface area is 83.9 Å². The lowest BCUT2D eigenvalue weighted by Gasteiger charge is -1.98. The lowest BCUT2D eigenvalue weighted by molar-refractivity contribution is -0.138. The first-order chi connectivity index (χ1) is 6.63. The molecule has 0 saturated carbocycles. The standard InChI is InChI=1S/C10H18O4/c11-9(12)7-5-3-1-2-4-6-8-10(13)14/h1-8H2,(H,11,12)(H,13,14)/i7+2,8+2. The van der Waals surface area contributed by atoms with Crippen LogP contribution in [0, 0.1) is 0 Å². The third kappa shape index (κ3) is 10.9. The van der Waals surface area contributed by atoms with Gasteiger partial charge < -0.3 is 10.2 Å². The second kappa shape index (κ2) is 8.53. The zero-order chi connectivity index (χ0) is 10.8. The second-order valence-electron chi connectivity index (χ2n) is 3.41. The van der Waals surface area contributed by atoms with Crippen molar-refractivity contribution in [1.29, 1.82) is 0 Å². The molecule has 0 fully saturated rings. The molecule has 0 aromatic rings. The molecule has 0 amide bonds. The molecule has 0 heterocycles. The number of hydrogen-bond acceptors (Lipinski definition) is 2. The van der Waals surface area contributed by atoms with Crippen LogP contribution in [0.4, 0.5) is 0 Å². The maximum Gasteiger partial charge on any atom is 0.303 e. The van der Waals surface area contributed by atoms with Crippen molar-refractivity contribution < 1.29 is 19.8 Å². The summed E-state index contributed by atoms with van der Waals surface area (Å²) in [5, 5.41) is 16.7. The molecular weight excluding hydrogens is 188 g/mol. The summed E-state index contributed by atoms with van der Waals surface area (Å²) in [6.45, 7) is 0. The average Bonchev–Trinajstić information content (AvgIpc) is 2.08. The summed E-state index contributed by atoms with van der Waals surface area (Å²) in [5.41, 5.74) is 0. The van der Waals surface area contributed by atoms with Crippen molar-refractivity contribution in [3.05, 3.63) is 0 Å². The molecule has 0 bridgehead atoms. The molecule has 0 spiro atoms. The average molecular weight is 206 g/mol. The van der Waals surface area contributed by atoms with E-state index in [1.54, 1.807) is 0 Å². The Morgan fingerprint density at radius 2 is 1.14 bits per heavy atom. The highest BCUT2D eigenvalue weighted by atomic mass is 16.4. The highest BCUT2D eigenvalue weighted by Crippen LogP contribution is 2.08. The van der Waals surface area contributed by atoms with Crippen LogP contribution in [0.5, 0.6) is 0 Å². The topological polar surface area (TPSA) is 74.6 Å². The van der Waals surface area contributed by atoms with Gasteiger partial charge in [-0.15, -0.1) is 0 Å². The van der Waals surface area contributed by atoms with Crippen LogP contribution in [-0.2, 0) is 9.59 Å². The van der Waals surface area contributed by atoms with Gasteiger partial charge in [-0.25, -0.2) is 0 Å². The van der Waals surface area contributed by atoms with Gasteiger partial charge in [-0.3, -0.25) is 9.59 Å². The van der Waals surface area contributed by atoms with Crippen molar-refractivity contribution >= 4 is 11.9 Å². The number of carboxylic acid groups (broad SMARTS) is 2. The summed E-state index contributed by atoms with van der Waals surface area (Å²) in [6.07, 6.45) is 5.82. The third-order valence-electron chi connectivity index (χ3n) is 2.03. The van der Waals surface area contributed by atoms with Crippen LogP contribution in [0.25, 0.3) is 0 Å². The fourth-order valence-corrected chi connectivity index (χ4v) is 1.26. The zero-order valence-electron chi connectivity index (χ0n) is 8.37. The van der Waals surface area contributed by atoms with Gasteiger partial charge in [-0.1, -0.05) is 25.7 Å². The van der Waals surface area contributed by atoms with E-state index in [2.05, 4.69) is 0 Å². The predicted molar refractivity (Wildman–Crippen MR) is 52.2 cm³/mol. The Morgan fingerprint density at radius 1 is 0.786 bits per heavy atom. The first kappa shape index (κ1) is 12.9. The third-order valence-corrected chi connectivity index (χ3v) is 2.03. The van der Waals surface area contributed by atoms with Gasteiger partial charge in [0, 0.05) is 12.8 Å². The van der Waals surface area contributed by atoms with E-state index in [4.69, 9.17) is 10.2 Å². The van der Waals surface area contributed by atoms with Crippen LogP contribution in [0.15, 0.2) is 0 Å². The van der Waals surface area contributed by atoms with Gasteiger partial charge in [0.25, 0.3) is 0 Å². The van der Waals surface area contributed by atoms with Crippen molar-refractivity contribution in [1.82, 2.24) is 0 Å². The van der Waals surface area contributed by atoms with Crippen LogP contribution in [-0.4, -0.2) is 22.2 Å². The number of unbranched alkanes of at least 4 members (excludes halogenated alkanes) is 5. The maximum atomic E-state index is 10.1. The summed E-state index contributed by atoms with van der Waals surface area (Å²) in [7, 11) is 0. The van der Waals surface area contributed by atoms with Gasteiger partial charge in [0.05, 0.1) is 0 Å². The monoisotopic (exact) mass is 206 g/mol. The van der Waals surface area contributed by atoms with Crippen molar-refractivity contribution in [3.8, 4) is 0 Å². The van der Waals surface area contributed by atoms with Gasteiger partial charge in [0.15, 0.2) is 0 Å². The molecule has 82 valence electrons. The zero-order valence-corrected chi connectivity index (χ0v) is 8.37. The first-order valence-corrected chi connectivity index (χ1v) is 5.06. The summed E-state index contributed by atoms with van der Waals surface area (Å²) in [4.78, 5) is 20.3. The van der Waals surface area contributed by atoms with Gasteiger partial charge >= 0.3 is 11.9 Å². The highest BCUT2D eigenvalue weighted by Gasteiger charge is 1.98. The Hall–Kier alpha value is -1.06. The van der Waals surface area contributed by atoms with Crippen molar-refractivity contribution in [2.75, 3.05) is 0 Å². The molecule has 4 heteroatoms. The lowest BCUT2D eigenvalue weighted by Crippen LogP contribution is -1.94. The normalized spacial score (nSPS) is 10.0. The number of rotatable bonds is 9. The van der Waals surface area contributed by atoms with Crippen LogP contribution in [0.3, 0.4) is 0 Å². The molecule has 0 unspecified atom stereocenters. The van der Waals surface area contributed by atoms with Gasteiger partial charge in [-0.05, 0) is 12.8 Å². The molecule has 0 saturated heterocycles. The van der Waals surface area contributed by atoms with E-state index in [1.165, 1.54) is 0 Å². The van der Waals surface area contributed by atoms with Gasteiger partial charge in [-0.2, -0.15) is 0 Å². The van der Waals surface area contributed by atoms with Crippen molar-refractivity contribution in [2.24, 2.45) is 0 Å². The lowest BCUT2D eigenvalue weighted by atomic mass is 10.2. The Kier molecular flexibility index (Phi) is 7.89. The minimum atomic E-state index is -0.740. The summed E-state index contributed by atoms with van der Waals surface area (Å²) < 4.78 is 0. The molecule has 14 heavy (non-hydrogen) atoms. The minimum Gasteiger partial charge on any atom is -0.481 e. The van der Waals surface area contributed by atoms with Crippen molar-refractivity contribution in [3.63, 3.8) is 0 Å². The van der Waals surface area contributed by atoms with E-state index in [0.717, 1.165) is 38.5 Å². The Bertz CT molecular complexity index is 157. The van der Waals surface area contributed by atoms with E-state index in [-0.39, 0.29) is 12.8 Å². The maximum absolute atomic E-state index is 10.1.